The van der Waals surface area contributed by atoms with Gasteiger partial charge in [0, 0.05) is 50.6 Å². The molecule has 0 saturated heterocycles. The maximum absolute atomic E-state index is 13.2. The monoisotopic (exact) mass is 592 g/mol. The smallest absolute Gasteiger partial charge is 0.230 e. The summed E-state index contributed by atoms with van der Waals surface area (Å²) >= 11 is 0. The van der Waals surface area contributed by atoms with Crippen LogP contribution in [0, 0.1) is 10.8 Å². The number of imide groups is 1. The first-order valence-corrected chi connectivity index (χ1v) is 14.4. The van der Waals surface area contributed by atoms with E-state index in [0.29, 0.717) is 31.6 Å². The predicted molar refractivity (Wildman–Crippen MR) is 167 cm³/mol. The molecule has 3 aliphatic rings. The quantitative estimate of drug-likeness (QED) is 0.383. The van der Waals surface area contributed by atoms with Crippen molar-refractivity contribution >= 4 is 49.1 Å². The largest absolute Gasteiger partial charge is 0.378 e. The average Bonchev–Trinajstić information content (AvgIpc) is 3.05. The second-order valence-electron chi connectivity index (χ2n) is 11.3. The van der Waals surface area contributed by atoms with Crippen molar-refractivity contribution in [1.82, 2.24) is 10.6 Å². The highest BCUT2D eigenvalue weighted by molar-refractivity contribution is 6.05. The number of carbonyl (C=O) groups excluding carboxylic acids is 6. The molecule has 10 nitrogen and oxygen atoms in total. The second-order valence-corrected chi connectivity index (χ2v) is 11.3. The lowest BCUT2D eigenvalue weighted by atomic mass is 9.53. The highest BCUT2D eigenvalue weighted by Crippen LogP contribution is 2.57. The second kappa shape index (κ2) is 16.3. The Morgan fingerprint density at radius 2 is 1.05 bits per heavy atom. The Labute approximate surface area is 254 Å². The van der Waals surface area contributed by atoms with Gasteiger partial charge in [0.1, 0.15) is 13.6 Å². The summed E-state index contributed by atoms with van der Waals surface area (Å²) in [5.74, 6) is -0.100. The molecule has 43 heavy (non-hydrogen) atoms. The first kappa shape index (κ1) is 34.9. The standard InChI is InChI=1S/C31H40N4O4.2CH2O/c1-23(37)35(22-36)27-10-6-25(7-11-27)13-21-33-29(39)31-17-14-30(15-18-31,16-19-31)28(38)32-20-12-24-4-8-26(9-5-24)34(2)3;2*1-2/h4-11,22H,12-21H2,1-3H3,(H,32,38)(H,33,39);2*1H2. The van der Waals surface area contributed by atoms with E-state index >= 15 is 0 Å². The Hall–Kier alpha value is -4.34. The molecule has 0 unspecified atom stereocenters. The molecule has 3 saturated carbocycles. The minimum absolute atomic E-state index is 0.0951. The predicted octanol–water partition coefficient (Wildman–Crippen LogP) is 3.25. The molecule has 10 heteroatoms. The van der Waals surface area contributed by atoms with E-state index < -0.39 is 0 Å². The third kappa shape index (κ3) is 8.59. The van der Waals surface area contributed by atoms with E-state index in [-0.39, 0.29) is 28.6 Å². The Morgan fingerprint density at radius 1 is 0.698 bits per heavy atom. The number of benzene rings is 2. The lowest BCUT2D eigenvalue weighted by Gasteiger charge is -2.51. The van der Waals surface area contributed by atoms with Crippen LogP contribution in [0.3, 0.4) is 0 Å². The Morgan fingerprint density at radius 3 is 1.35 bits per heavy atom. The summed E-state index contributed by atoms with van der Waals surface area (Å²) in [6, 6.07) is 15.6. The minimum Gasteiger partial charge on any atom is -0.378 e. The van der Waals surface area contributed by atoms with Gasteiger partial charge in [-0.25, -0.2) is 0 Å². The molecule has 0 heterocycles. The van der Waals surface area contributed by atoms with E-state index in [1.807, 2.05) is 39.8 Å². The molecule has 0 aromatic heterocycles. The van der Waals surface area contributed by atoms with Gasteiger partial charge in [-0.15, -0.1) is 0 Å². The molecular formula is C33H44N4O6. The number of carbonyl (C=O) groups is 6. The SMILES string of the molecule is C=O.C=O.CC(=O)N(C=O)c1ccc(CCNC(=O)C23CCC(C(=O)NCCc4ccc(N(C)C)cc4)(CC2)CC3)cc1. The fraction of sp³-hybridized carbons (Fsp3) is 0.455. The van der Waals surface area contributed by atoms with Gasteiger partial charge >= 0.3 is 0 Å². The van der Waals surface area contributed by atoms with Crippen molar-refractivity contribution in [2.24, 2.45) is 10.8 Å². The molecule has 2 aromatic rings. The Kier molecular flexibility index (Phi) is 13.2. The molecule has 3 fully saturated rings. The van der Waals surface area contributed by atoms with Gasteiger partial charge in [-0.1, -0.05) is 24.3 Å². The fourth-order valence-electron chi connectivity index (χ4n) is 5.98. The molecule has 4 amide bonds. The van der Waals surface area contributed by atoms with Crippen molar-refractivity contribution in [3.63, 3.8) is 0 Å². The van der Waals surface area contributed by atoms with Crippen LogP contribution in [-0.2, 0) is 41.6 Å². The highest BCUT2D eigenvalue weighted by Gasteiger charge is 2.55. The van der Waals surface area contributed by atoms with Gasteiger partial charge in [0.25, 0.3) is 0 Å². The molecule has 2 bridgehead atoms. The minimum atomic E-state index is -0.369. The van der Waals surface area contributed by atoms with Crippen LogP contribution >= 0.6 is 0 Å². The average molecular weight is 593 g/mol. The first-order chi connectivity index (χ1) is 20.7. The number of anilines is 2. The zero-order chi connectivity index (χ0) is 32.0. The molecule has 0 aliphatic heterocycles. The lowest BCUT2D eigenvalue weighted by Crippen LogP contribution is -2.55. The van der Waals surface area contributed by atoms with Crippen molar-refractivity contribution in [3.8, 4) is 0 Å². The van der Waals surface area contributed by atoms with Gasteiger partial charge in [-0.3, -0.25) is 24.1 Å². The summed E-state index contributed by atoms with van der Waals surface area (Å²) in [5, 5.41) is 6.30. The van der Waals surface area contributed by atoms with Gasteiger partial charge in [0.15, 0.2) is 0 Å². The topological polar surface area (TPSA) is 133 Å². The molecule has 2 N–H and O–H groups in total. The highest BCUT2D eigenvalue weighted by atomic mass is 16.2. The van der Waals surface area contributed by atoms with Gasteiger partial charge in [0.05, 0.1) is 5.69 Å². The normalized spacial score (nSPS) is 19.8. The number of hydrogen-bond donors (Lipinski definition) is 2. The van der Waals surface area contributed by atoms with Crippen LogP contribution in [-0.4, -0.2) is 64.9 Å². The summed E-state index contributed by atoms with van der Waals surface area (Å²) in [7, 11) is 4.04. The van der Waals surface area contributed by atoms with E-state index in [0.717, 1.165) is 61.1 Å². The molecular weight excluding hydrogens is 548 g/mol. The number of hydrogen-bond acceptors (Lipinski definition) is 7. The number of amides is 4. The summed E-state index contributed by atoms with van der Waals surface area (Å²) < 4.78 is 0. The van der Waals surface area contributed by atoms with Crippen LogP contribution in [0.4, 0.5) is 11.4 Å². The van der Waals surface area contributed by atoms with E-state index in [9.17, 15) is 19.2 Å². The number of fused-ring (bicyclic) bond motifs is 3. The molecule has 0 atom stereocenters. The molecule has 0 spiro atoms. The summed E-state index contributed by atoms with van der Waals surface area (Å²) in [5.41, 5.74) is 3.20. The van der Waals surface area contributed by atoms with Gasteiger partial charge < -0.3 is 25.1 Å². The van der Waals surface area contributed by atoms with E-state index in [1.54, 1.807) is 12.1 Å². The van der Waals surface area contributed by atoms with Crippen LogP contribution in [0.5, 0.6) is 0 Å². The maximum Gasteiger partial charge on any atom is 0.230 e. The molecule has 5 rings (SSSR count). The number of nitrogens with one attached hydrogen (secondary N) is 2. The molecule has 3 aliphatic carbocycles. The van der Waals surface area contributed by atoms with Crippen LogP contribution < -0.4 is 20.4 Å². The van der Waals surface area contributed by atoms with Crippen LogP contribution in [0.25, 0.3) is 0 Å². The third-order valence-electron chi connectivity index (χ3n) is 8.72. The Bertz CT molecular complexity index is 1200. The van der Waals surface area contributed by atoms with Crippen molar-refractivity contribution in [2.75, 3.05) is 37.0 Å². The first-order valence-electron chi connectivity index (χ1n) is 14.4. The van der Waals surface area contributed by atoms with E-state index in [1.165, 1.54) is 12.5 Å². The van der Waals surface area contributed by atoms with Crippen LogP contribution in [0.15, 0.2) is 48.5 Å². The van der Waals surface area contributed by atoms with Crippen LogP contribution in [0.2, 0.25) is 0 Å². The Balaban J connectivity index is 0.00000155. The summed E-state index contributed by atoms with van der Waals surface area (Å²) in [6.45, 7) is 6.48. The zero-order valence-electron chi connectivity index (χ0n) is 25.5. The summed E-state index contributed by atoms with van der Waals surface area (Å²) in [4.78, 5) is 68.1. The number of nitrogens with zero attached hydrogens (tertiary/aromatic N) is 2. The molecule has 232 valence electrons. The summed E-state index contributed by atoms with van der Waals surface area (Å²) in [6.07, 6.45) is 6.50. The van der Waals surface area contributed by atoms with Gasteiger partial charge in [0.2, 0.25) is 24.1 Å². The fourth-order valence-corrected chi connectivity index (χ4v) is 5.98. The van der Waals surface area contributed by atoms with Gasteiger partial charge in [-0.05, 0) is 86.8 Å². The van der Waals surface area contributed by atoms with Crippen molar-refractivity contribution < 1.29 is 28.8 Å². The van der Waals surface area contributed by atoms with E-state index in [4.69, 9.17) is 9.59 Å². The lowest BCUT2D eigenvalue weighted by molar-refractivity contribution is -0.150. The maximum atomic E-state index is 13.2. The van der Waals surface area contributed by atoms with Crippen molar-refractivity contribution in [1.29, 1.82) is 0 Å². The third-order valence-corrected chi connectivity index (χ3v) is 8.72. The van der Waals surface area contributed by atoms with Crippen molar-refractivity contribution in [3.05, 3.63) is 59.7 Å². The van der Waals surface area contributed by atoms with Crippen molar-refractivity contribution in [2.45, 2.75) is 58.3 Å². The van der Waals surface area contributed by atoms with E-state index in [2.05, 4.69) is 39.8 Å². The molecule has 0 radical (unpaired) electrons. The zero-order valence-corrected chi connectivity index (χ0v) is 25.5. The number of rotatable bonds is 11. The van der Waals surface area contributed by atoms with Crippen LogP contribution in [0.1, 0.15) is 56.6 Å². The molecule has 2 aromatic carbocycles. The van der Waals surface area contributed by atoms with Gasteiger partial charge in [-0.2, -0.15) is 0 Å².